The van der Waals surface area contributed by atoms with Gasteiger partial charge in [-0.1, -0.05) is 23.8 Å². The number of methoxy groups -OCH3 is 1. The average Bonchev–Trinajstić information content (AvgIpc) is 3.53. The van der Waals surface area contributed by atoms with Crippen molar-refractivity contribution in [3.8, 4) is 11.1 Å². The molecule has 0 N–H and O–H groups in total. The number of pyridine rings is 1. The number of piperidine rings is 1. The Kier molecular flexibility index (Phi) is 7.85. The molecule has 1 aliphatic carbocycles. The van der Waals surface area contributed by atoms with Crippen molar-refractivity contribution in [3.63, 3.8) is 0 Å². The number of aryl methyl sites for hydroxylation is 1. The smallest absolute Gasteiger partial charge is 0.171 e. The Balaban J connectivity index is 1.25. The second kappa shape index (κ2) is 11.5. The number of hydrogen-bond donors (Lipinski definition) is 0. The standard InChI is InChI=1S/C32H36FN5O2S/c1-20(37-15-12-24(13-16-37)23-7-5-22(6-8-23)21(2)39)29-18-27-26(11-14-34-32(27)36(29)3)25-9-10-28-30(17-25)38(41-33)31(35-28)19-40-4/h5,7,9-11,14,17-18,20,24H,6,8,12-13,15-16,19H2,1-4H3. The summed E-state index contributed by atoms with van der Waals surface area (Å²) in [5.74, 6) is 1.33. The zero-order chi connectivity index (χ0) is 28.7. The van der Waals surface area contributed by atoms with Gasteiger partial charge >= 0.3 is 0 Å². The third-order valence-corrected chi connectivity index (χ3v) is 9.51. The number of ether oxygens (including phenoxy) is 1. The van der Waals surface area contributed by atoms with Gasteiger partial charge in [-0.3, -0.25) is 9.69 Å². The van der Waals surface area contributed by atoms with Crippen LogP contribution in [0.3, 0.4) is 0 Å². The summed E-state index contributed by atoms with van der Waals surface area (Å²) < 4.78 is 22.8. The Morgan fingerprint density at radius 3 is 2.66 bits per heavy atom. The highest BCUT2D eigenvalue weighted by Crippen LogP contribution is 2.37. The van der Waals surface area contributed by atoms with Gasteiger partial charge in [0.2, 0.25) is 0 Å². The second-order valence-electron chi connectivity index (χ2n) is 11.2. The van der Waals surface area contributed by atoms with Gasteiger partial charge in [0.1, 0.15) is 18.1 Å². The lowest BCUT2D eigenvalue weighted by Gasteiger charge is -2.37. The summed E-state index contributed by atoms with van der Waals surface area (Å²) >= 11 is 0.148. The van der Waals surface area contributed by atoms with E-state index in [0.717, 1.165) is 77.5 Å². The zero-order valence-electron chi connectivity index (χ0n) is 24.1. The van der Waals surface area contributed by atoms with E-state index in [1.54, 1.807) is 14.0 Å². The number of halogens is 1. The highest BCUT2D eigenvalue weighted by atomic mass is 32.2. The van der Waals surface area contributed by atoms with Crippen molar-refractivity contribution in [2.24, 2.45) is 13.0 Å². The van der Waals surface area contributed by atoms with Gasteiger partial charge in [-0.2, -0.15) is 0 Å². The number of benzene rings is 1. The van der Waals surface area contributed by atoms with Gasteiger partial charge in [0.25, 0.3) is 0 Å². The van der Waals surface area contributed by atoms with E-state index in [-0.39, 0.29) is 30.8 Å². The van der Waals surface area contributed by atoms with Crippen molar-refractivity contribution in [3.05, 3.63) is 71.3 Å². The van der Waals surface area contributed by atoms with Crippen molar-refractivity contribution in [1.29, 1.82) is 0 Å². The number of carbonyl (C=O) groups excluding carboxylic acids is 1. The molecule has 1 aromatic carbocycles. The number of carbonyl (C=O) groups is 1. The first-order valence-corrected chi connectivity index (χ1v) is 15.0. The van der Waals surface area contributed by atoms with Gasteiger partial charge in [-0.25, -0.2) is 13.9 Å². The molecule has 3 aromatic heterocycles. The summed E-state index contributed by atoms with van der Waals surface area (Å²) in [7, 11) is 3.68. The quantitative estimate of drug-likeness (QED) is 0.224. The Morgan fingerprint density at radius 1 is 1.17 bits per heavy atom. The minimum Gasteiger partial charge on any atom is -0.377 e. The molecule has 0 radical (unpaired) electrons. The number of rotatable bonds is 8. The Bertz CT molecular complexity index is 1680. The number of likely N-dealkylation sites (tertiary alicyclic amines) is 1. The van der Waals surface area contributed by atoms with Gasteiger partial charge in [0.05, 0.1) is 11.0 Å². The van der Waals surface area contributed by atoms with E-state index < -0.39 is 0 Å². The number of Topliss-reactive ketones (excluding diaryl/α,β-unsaturated/α-hetero) is 1. The molecule has 1 unspecified atom stereocenters. The molecule has 7 nitrogen and oxygen atoms in total. The van der Waals surface area contributed by atoms with Crippen molar-refractivity contribution in [1.82, 2.24) is 23.4 Å². The number of nitrogens with zero attached hydrogens (tertiary/aromatic N) is 5. The van der Waals surface area contributed by atoms with Crippen LogP contribution >= 0.6 is 12.3 Å². The molecule has 1 atom stereocenters. The first-order chi connectivity index (χ1) is 19.9. The van der Waals surface area contributed by atoms with Crippen LogP contribution in [0.2, 0.25) is 0 Å². The molecule has 0 saturated carbocycles. The van der Waals surface area contributed by atoms with Crippen LogP contribution in [0.25, 0.3) is 33.2 Å². The van der Waals surface area contributed by atoms with Crippen LogP contribution in [-0.4, -0.2) is 49.4 Å². The molecule has 0 amide bonds. The largest absolute Gasteiger partial charge is 0.377 e. The summed E-state index contributed by atoms with van der Waals surface area (Å²) in [5.41, 5.74) is 8.15. The first kappa shape index (κ1) is 27.9. The van der Waals surface area contributed by atoms with Crippen LogP contribution in [0.15, 0.2) is 59.8 Å². The third-order valence-electron chi connectivity index (χ3n) is 8.96. The van der Waals surface area contributed by atoms with Crippen molar-refractivity contribution in [2.45, 2.75) is 52.2 Å². The van der Waals surface area contributed by atoms with E-state index in [1.165, 1.54) is 15.2 Å². The summed E-state index contributed by atoms with van der Waals surface area (Å²) in [5, 5.41) is 1.09. The molecule has 214 valence electrons. The van der Waals surface area contributed by atoms with Crippen LogP contribution in [0.4, 0.5) is 3.89 Å². The zero-order valence-corrected chi connectivity index (χ0v) is 24.9. The minimum atomic E-state index is 0.148. The topological polar surface area (TPSA) is 65.2 Å². The first-order valence-electron chi connectivity index (χ1n) is 14.3. The number of ketones is 1. The lowest BCUT2D eigenvalue weighted by atomic mass is 9.82. The molecule has 2 aliphatic rings. The molecule has 0 bridgehead atoms. The van der Waals surface area contributed by atoms with Crippen LogP contribution < -0.4 is 0 Å². The van der Waals surface area contributed by atoms with Gasteiger partial charge < -0.3 is 9.30 Å². The highest BCUT2D eigenvalue weighted by Gasteiger charge is 2.28. The maximum absolute atomic E-state index is 13.9. The van der Waals surface area contributed by atoms with Crippen molar-refractivity contribution >= 4 is 40.2 Å². The Morgan fingerprint density at radius 2 is 1.98 bits per heavy atom. The second-order valence-corrected chi connectivity index (χ2v) is 11.7. The molecular weight excluding hydrogens is 537 g/mol. The Labute approximate surface area is 244 Å². The maximum Gasteiger partial charge on any atom is 0.171 e. The number of hydrogen-bond acceptors (Lipinski definition) is 6. The van der Waals surface area contributed by atoms with Crippen molar-refractivity contribution < 1.29 is 13.4 Å². The SMILES string of the molecule is COCc1nc2ccc(-c3ccnc4c3cc(C(C)N3CCC(C5=CC=C(C(C)=O)CC5)CC3)n4C)cc2n1SF. The fraction of sp³-hybridized carbons (Fsp3) is 0.406. The molecule has 1 fully saturated rings. The van der Waals surface area contributed by atoms with Gasteiger partial charge in [-0.05, 0) is 99.5 Å². The minimum absolute atomic E-state index is 0.148. The van der Waals surface area contributed by atoms with Crippen LogP contribution in [0.1, 0.15) is 57.1 Å². The summed E-state index contributed by atoms with van der Waals surface area (Å²) in [6.45, 7) is 6.28. The van der Waals surface area contributed by atoms with E-state index in [0.29, 0.717) is 11.7 Å². The molecule has 4 heterocycles. The Hall–Kier alpha value is -3.27. The highest BCUT2D eigenvalue weighted by molar-refractivity contribution is 7.92. The third kappa shape index (κ3) is 5.15. The summed E-state index contributed by atoms with van der Waals surface area (Å²) in [6, 6.07) is 10.5. The normalized spacial score (nSPS) is 17.7. The van der Waals surface area contributed by atoms with Crippen molar-refractivity contribution in [2.75, 3.05) is 20.2 Å². The lowest BCUT2D eigenvalue weighted by molar-refractivity contribution is -0.113. The summed E-state index contributed by atoms with van der Waals surface area (Å²) in [4.78, 5) is 23.6. The maximum atomic E-state index is 13.9. The van der Waals surface area contributed by atoms with E-state index in [4.69, 9.17) is 9.72 Å². The molecular formula is C32H36FN5O2S. The monoisotopic (exact) mass is 573 g/mol. The molecule has 1 aliphatic heterocycles. The predicted octanol–water partition coefficient (Wildman–Crippen LogP) is 7.13. The predicted molar refractivity (Wildman–Crippen MR) is 163 cm³/mol. The molecule has 9 heteroatoms. The molecule has 6 rings (SSSR count). The van der Waals surface area contributed by atoms with Gasteiger partial charge in [-0.15, -0.1) is 3.89 Å². The molecule has 0 spiro atoms. The average molecular weight is 574 g/mol. The summed E-state index contributed by atoms with van der Waals surface area (Å²) in [6.07, 6.45) is 10.2. The number of fused-ring (bicyclic) bond motifs is 2. The van der Waals surface area contributed by atoms with E-state index in [1.807, 2.05) is 36.5 Å². The van der Waals surface area contributed by atoms with Gasteiger partial charge in [0.15, 0.2) is 18.1 Å². The van der Waals surface area contributed by atoms with E-state index >= 15 is 0 Å². The van der Waals surface area contributed by atoms with Crippen LogP contribution in [0, 0.1) is 5.92 Å². The van der Waals surface area contributed by atoms with E-state index in [9.17, 15) is 8.68 Å². The van der Waals surface area contributed by atoms with Crippen LogP contribution in [-0.2, 0) is 23.2 Å². The van der Waals surface area contributed by atoms with E-state index in [2.05, 4.69) is 40.6 Å². The number of imidazole rings is 1. The van der Waals surface area contributed by atoms with Crippen LogP contribution in [0.5, 0.6) is 0 Å². The fourth-order valence-electron chi connectivity index (χ4n) is 6.59. The number of allylic oxidation sites excluding steroid dienone is 4. The molecule has 41 heavy (non-hydrogen) atoms. The molecule has 1 saturated heterocycles. The lowest BCUT2D eigenvalue weighted by Crippen LogP contribution is -2.36. The fourth-order valence-corrected chi connectivity index (χ4v) is 6.99. The number of aromatic nitrogens is 4. The molecule has 4 aromatic rings. The van der Waals surface area contributed by atoms with Gasteiger partial charge in [0, 0.05) is 37.5 Å².